The second kappa shape index (κ2) is 7.86. The van der Waals surface area contributed by atoms with Crippen LogP contribution in [0.1, 0.15) is 36.6 Å². The molecule has 4 nitrogen and oxygen atoms in total. The van der Waals surface area contributed by atoms with Gasteiger partial charge in [-0.3, -0.25) is 4.79 Å². The van der Waals surface area contributed by atoms with E-state index in [9.17, 15) is 4.79 Å². The van der Waals surface area contributed by atoms with Gasteiger partial charge in [-0.1, -0.05) is 18.2 Å². The van der Waals surface area contributed by atoms with E-state index in [-0.39, 0.29) is 11.9 Å². The van der Waals surface area contributed by atoms with Crippen LogP contribution in [0.3, 0.4) is 0 Å². The van der Waals surface area contributed by atoms with E-state index >= 15 is 0 Å². The van der Waals surface area contributed by atoms with Crippen molar-refractivity contribution >= 4 is 5.91 Å². The number of carbonyl (C=O) groups is 1. The number of benzene rings is 2. The maximum Gasteiger partial charge on any atom is 0.261 e. The van der Waals surface area contributed by atoms with Gasteiger partial charge in [0.1, 0.15) is 11.5 Å². The number of methoxy groups -OCH3 is 1. The number of amides is 1. The molecule has 1 amide bonds. The lowest BCUT2D eigenvalue weighted by Crippen LogP contribution is -2.37. The smallest absolute Gasteiger partial charge is 0.261 e. The van der Waals surface area contributed by atoms with Crippen LogP contribution in [-0.2, 0) is 4.79 Å². The summed E-state index contributed by atoms with van der Waals surface area (Å²) in [5.74, 6) is 1.36. The van der Waals surface area contributed by atoms with E-state index in [0.717, 1.165) is 16.9 Å². The fourth-order valence-electron chi connectivity index (χ4n) is 2.35. The number of carbonyl (C=O) groups excluding carboxylic acids is 1. The van der Waals surface area contributed by atoms with Crippen molar-refractivity contribution in [2.45, 2.75) is 39.8 Å². The van der Waals surface area contributed by atoms with Gasteiger partial charge in [-0.25, -0.2) is 0 Å². The molecule has 0 saturated heterocycles. The highest BCUT2D eigenvalue weighted by Gasteiger charge is 2.18. The van der Waals surface area contributed by atoms with Gasteiger partial charge in [0.25, 0.3) is 5.91 Å². The summed E-state index contributed by atoms with van der Waals surface area (Å²) in [4.78, 5) is 12.3. The molecule has 0 bridgehead atoms. The van der Waals surface area contributed by atoms with Gasteiger partial charge in [-0.15, -0.1) is 0 Å². The van der Waals surface area contributed by atoms with E-state index in [1.54, 1.807) is 14.0 Å². The third kappa shape index (κ3) is 4.51. The Balaban J connectivity index is 1.95. The van der Waals surface area contributed by atoms with Gasteiger partial charge in [0.05, 0.1) is 13.2 Å². The molecule has 2 rings (SSSR count). The van der Waals surface area contributed by atoms with Crippen LogP contribution in [0.15, 0.2) is 42.5 Å². The molecule has 0 fully saturated rings. The van der Waals surface area contributed by atoms with Gasteiger partial charge in [-0.2, -0.15) is 0 Å². The largest absolute Gasteiger partial charge is 0.497 e. The van der Waals surface area contributed by atoms with E-state index in [0.29, 0.717) is 5.75 Å². The van der Waals surface area contributed by atoms with E-state index in [1.807, 2.05) is 63.2 Å². The van der Waals surface area contributed by atoms with Crippen molar-refractivity contribution in [2.75, 3.05) is 7.11 Å². The van der Waals surface area contributed by atoms with Crippen molar-refractivity contribution in [1.82, 2.24) is 5.32 Å². The Morgan fingerprint density at radius 2 is 1.58 bits per heavy atom. The summed E-state index contributed by atoms with van der Waals surface area (Å²) in [7, 11) is 1.63. The number of hydrogen-bond acceptors (Lipinski definition) is 3. The van der Waals surface area contributed by atoms with Crippen LogP contribution in [0.4, 0.5) is 0 Å². The van der Waals surface area contributed by atoms with Gasteiger partial charge in [0, 0.05) is 0 Å². The molecule has 0 aliphatic carbocycles. The van der Waals surface area contributed by atoms with Crippen LogP contribution in [-0.4, -0.2) is 19.1 Å². The molecule has 24 heavy (non-hydrogen) atoms. The maximum absolute atomic E-state index is 12.3. The Morgan fingerprint density at radius 1 is 0.958 bits per heavy atom. The minimum atomic E-state index is -0.562. The van der Waals surface area contributed by atoms with Crippen LogP contribution in [0.5, 0.6) is 11.5 Å². The lowest BCUT2D eigenvalue weighted by atomic mass is 10.1. The predicted molar refractivity (Wildman–Crippen MR) is 95.6 cm³/mol. The zero-order valence-electron chi connectivity index (χ0n) is 14.9. The fraction of sp³-hybridized carbons (Fsp3) is 0.350. The second-order valence-corrected chi connectivity index (χ2v) is 6.01. The zero-order chi connectivity index (χ0) is 17.7. The highest BCUT2D eigenvalue weighted by atomic mass is 16.5. The molecule has 0 radical (unpaired) electrons. The third-order valence-electron chi connectivity index (χ3n) is 4.14. The molecule has 0 heterocycles. The number of ether oxygens (including phenoxy) is 2. The summed E-state index contributed by atoms with van der Waals surface area (Å²) in [6.45, 7) is 7.78. The highest BCUT2D eigenvalue weighted by molar-refractivity contribution is 5.81. The minimum Gasteiger partial charge on any atom is -0.497 e. The summed E-state index contributed by atoms with van der Waals surface area (Å²) in [6.07, 6.45) is -0.562. The number of aryl methyl sites for hydroxylation is 2. The first kappa shape index (κ1) is 17.9. The van der Waals surface area contributed by atoms with E-state index < -0.39 is 6.10 Å². The molecule has 1 N–H and O–H groups in total. The molecule has 2 atom stereocenters. The van der Waals surface area contributed by atoms with Gasteiger partial charge >= 0.3 is 0 Å². The van der Waals surface area contributed by atoms with Gasteiger partial charge in [0.15, 0.2) is 6.10 Å². The van der Waals surface area contributed by atoms with Crippen molar-refractivity contribution in [3.63, 3.8) is 0 Å². The lowest BCUT2D eigenvalue weighted by molar-refractivity contribution is -0.127. The van der Waals surface area contributed by atoms with Crippen molar-refractivity contribution < 1.29 is 14.3 Å². The Hall–Kier alpha value is -2.49. The van der Waals surface area contributed by atoms with Crippen LogP contribution < -0.4 is 14.8 Å². The first-order valence-electron chi connectivity index (χ1n) is 8.09. The first-order valence-corrected chi connectivity index (χ1v) is 8.09. The van der Waals surface area contributed by atoms with Gasteiger partial charge in [-0.05, 0) is 68.7 Å². The SMILES string of the molecule is COc1ccc([C@@H](C)NC(=O)[C@H](C)Oc2ccc(C)c(C)c2)cc1. The summed E-state index contributed by atoms with van der Waals surface area (Å²) in [5.41, 5.74) is 3.36. The van der Waals surface area contributed by atoms with Crippen LogP contribution in [0.25, 0.3) is 0 Å². The number of hydrogen-bond donors (Lipinski definition) is 1. The van der Waals surface area contributed by atoms with E-state index in [4.69, 9.17) is 9.47 Å². The van der Waals surface area contributed by atoms with Gasteiger partial charge in [0.2, 0.25) is 0 Å². The molecule has 0 saturated carbocycles. The molecule has 0 aromatic heterocycles. The Morgan fingerprint density at radius 3 is 2.17 bits per heavy atom. The highest BCUT2D eigenvalue weighted by Crippen LogP contribution is 2.19. The average Bonchev–Trinajstić information content (AvgIpc) is 2.58. The van der Waals surface area contributed by atoms with Crippen LogP contribution >= 0.6 is 0 Å². The summed E-state index contributed by atoms with van der Waals surface area (Å²) >= 11 is 0. The first-order chi connectivity index (χ1) is 11.4. The maximum atomic E-state index is 12.3. The standard InChI is InChI=1S/C20H25NO3/c1-13-6-9-19(12-14(13)2)24-16(4)20(22)21-15(3)17-7-10-18(23-5)11-8-17/h6-12,15-16H,1-5H3,(H,21,22)/t15-,16+/m1/s1. The molecule has 0 aliphatic heterocycles. The summed E-state index contributed by atoms with van der Waals surface area (Å²) in [5, 5.41) is 2.97. The second-order valence-electron chi connectivity index (χ2n) is 6.01. The van der Waals surface area contributed by atoms with Gasteiger partial charge < -0.3 is 14.8 Å². The quantitative estimate of drug-likeness (QED) is 0.874. The van der Waals surface area contributed by atoms with Crippen molar-refractivity contribution in [3.8, 4) is 11.5 Å². The minimum absolute atomic E-state index is 0.103. The number of nitrogens with one attached hydrogen (secondary N) is 1. The third-order valence-corrected chi connectivity index (χ3v) is 4.14. The van der Waals surface area contributed by atoms with Crippen LogP contribution in [0, 0.1) is 13.8 Å². The monoisotopic (exact) mass is 327 g/mol. The van der Waals surface area contributed by atoms with Crippen molar-refractivity contribution in [1.29, 1.82) is 0 Å². The molecule has 128 valence electrons. The van der Waals surface area contributed by atoms with Crippen molar-refractivity contribution in [3.05, 3.63) is 59.2 Å². The molecular formula is C20H25NO3. The molecule has 2 aromatic carbocycles. The molecule has 0 aliphatic rings. The summed E-state index contributed by atoms with van der Waals surface area (Å²) < 4.78 is 10.9. The zero-order valence-corrected chi connectivity index (χ0v) is 14.9. The van der Waals surface area contributed by atoms with Crippen molar-refractivity contribution in [2.24, 2.45) is 0 Å². The fourth-order valence-corrected chi connectivity index (χ4v) is 2.35. The molecule has 0 spiro atoms. The molecule has 0 unspecified atom stereocenters. The topological polar surface area (TPSA) is 47.6 Å². The normalized spacial score (nSPS) is 13.0. The molecule has 2 aromatic rings. The Labute approximate surface area is 143 Å². The predicted octanol–water partition coefficient (Wildman–Crippen LogP) is 3.96. The van der Waals surface area contributed by atoms with Crippen LogP contribution in [0.2, 0.25) is 0 Å². The average molecular weight is 327 g/mol. The molecular weight excluding hydrogens is 302 g/mol. The number of rotatable bonds is 6. The summed E-state index contributed by atoms with van der Waals surface area (Å²) in [6, 6.07) is 13.4. The molecule has 4 heteroatoms. The van der Waals surface area contributed by atoms with E-state index in [2.05, 4.69) is 5.32 Å². The Bertz CT molecular complexity index is 695. The Kier molecular flexibility index (Phi) is 5.85. The lowest BCUT2D eigenvalue weighted by Gasteiger charge is -2.19. The van der Waals surface area contributed by atoms with E-state index in [1.165, 1.54) is 5.56 Å².